The highest BCUT2D eigenvalue weighted by Crippen LogP contribution is 2.45. The summed E-state index contributed by atoms with van der Waals surface area (Å²) in [4.78, 5) is 14.0. The van der Waals surface area contributed by atoms with Crippen molar-refractivity contribution >= 4 is 15.9 Å². The van der Waals surface area contributed by atoms with Gasteiger partial charge in [-0.15, -0.1) is 0 Å². The lowest BCUT2D eigenvalue weighted by molar-refractivity contribution is -0.138. The van der Waals surface area contributed by atoms with E-state index in [1.807, 2.05) is 0 Å². The average Bonchev–Trinajstić information content (AvgIpc) is 3.57. The van der Waals surface area contributed by atoms with Gasteiger partial charge in [0.05, 0.1) is 17.4 Å². The van der Waals surface area contributed by atoms with Crippen LogP contribution in [0.15, 0.2) is 30.3 Å². The molecule has 6 nitrogen and oxygen atoms in total. The number of rotatable bonds is 7. The molecule has 1 heterocycles. The molecule has 0 bridgehead atoms. The normalized spacial score (nSPS) is 19.2. The van der Waals surface area contributed by atoms with E-state index >= 15 is 0 Å². The van der Waals surface area contributed by atoms with Gasteiger partial charge in [0, 0.05) is 19.2 Å². The van der Waals surface area contributed by atoms with Crippen LogP contribution in [0, 0.1) is 11.6 Å². The molecule has 1 N–H and O–H groups in total. The first-order chi connectivity index (χ1) is 16.8. The molecule has 2 aromatic carbocycles. The van der Waals surface area contributed by atoms with E-state index in [-0.39, 0.29) is 30.3 Å². The molecule has 0 radical (unpaired) electrons. The van der Waals surface area contributed by atoms with E-state index in [1.165, 1.54) is 6.07 Å². The summed E-state index contributed by atoms with van der Waals surface area (Å²) in [6.07, 6.45) is -1.51. The maximum atomic E-state index is 14.8. The Morgan fingerprint density at radius 2 is 1.86 bits per heavy atom. The number of hydrogen-bond donors (Lipinski definition) is 1. The monoisotopic (exact) mass is 532 g/mol. The number of ether oxygens (including phenoxy) is 1. The summed E-state index contributed by atoms with van der Waals surface area (Å²) in [6.45, 7) is 0.610. The van der Waals surface area contributed by atoms with Crippen molar-refractivity contribution in [2.24, 2.45) is 0 Å². The lowest BCUT2D eigenvalue weighted by Gasteiger charge is -2.34. The fraction of sp³-hybridized carbons (Fsp3) is 0.458. The third-order valence-electron chi connectivity index (χ3n) is 6.16. The van der Waals surface area contributed by atoms with E-state index in [2.05, 4.69) is 0 Å². The summed E-state index contributed by atoms with van der Waals surface area (Å²) in [5.74, 6) is -2.53. The summed E-state index contributed by atoms with van der Waals surface area (Å²) in [5.41, 5.74) is -0.899. The number of piperidine rings is 1. The quantitative estimate of drug-likeness (QED) is 0.528. The van der Waals surface area contributed by atoms with E-state index in [0.717, 1.165) is 43.4 Å². The van der Waals surface area contributed by atoms with Crippen molar-refractivity contribution in [3.63, 3.8) is 0 Å². The minimum Gasteiger partial charge on any atom is -0.489 e. The van der Waals surface area contributed by atoms with Gasteiger partial charge in [0.25, 0.3) is 5.91 Å². The van der Waals surface area contributed by atoms with Crippen molar-refractivity contribution in [2.45, 2.75) is 50.4 Å². The summed E-state index contributed by atoms with van der Waals surface area (Å²) >= 11 is 0. The number of nitrogens with one attached hydrogen (secondary N) is 1. The smallest absolute Gasteiger partial charge is 0.416 e. The molecule has 12 heteroatoms. The standard InChI is InChI=1S/C24H25F5N2O4S/c1-36(33,34)30-23(32)19-10-18(14-4-5-14)22(11-21(19)26)35-17-3-2-8-31(13-17)12-15-9-16(25)6-7-20(15)24(27,28)29/h6-7,9-11,14,17H,2-5,8,12-13H2,1H3,(H,30,32). The van der Waals surface area contributed by atoms with Crippen molar-refractivity contribution < 1.29 is 39.9 Å². The molecular formula is C24H25F5N2O4S. The van der Waals surface area contributed by atoms with Gasteiger partial charge in [-0.3, -0.25) is 9.69 Å². The van der Waals surface area contributed by atoms with E-state index in [9.17, 15) is 35.2 Å². The van der Waals surface area contributed by atoms with Crippen molar-refractivity contribution in [1.29, 1.82) is 0 Å². The molecule has 1 atom stereocenters. The Labute approximate surface area is 205 Å². The zero-order chi connectivity index (χ0) is 26.3. The van der Waals surface area contributed by atoms with Gasteiger partial charge >= 0.3 is 6.18 Å². The molecule has 1 aliphatic carbocycles. The number of benzene rings is 2. The Bertz CT molecular complexity index is 1260. The Morgan fingerprint density at radius 3 is 2.50 bits per heavy atom. The second-order valence-electron chi connectivity index (χ2n) is 9.26. The SMILES string of the molecule is CS(=O)(=O)NC(=O)c1cc(C2CC2)c(OC2CCCN(Cc3cc(F)ccc3C(F)(F)F)C2)cc1F. The first-order valence-corrected chi connectivity index (χ1v) is 13.3. The number of alkyl halides is 3. The van der Waals surface area contributed by atoms with Gasteiger partial charge in [-0.05, 0) is 73.5 Å². The summed E-state index contributed by atoms with van der Waals surface area (Å²) in [5, 5.41) is 0. The lowest BCUT2D eigenvalue weighted by Crippen LogP contribution is -2.41. The number of amides is 1. The zero-order valence-electron chi connectivity index (χ0n) is 19.4. The molecule has 196 valence electrons. The Morgan fingerprint density at radius 1 is 1.14 bits per heavy atom. The molecule has 2 aliphatic rings. The molecule has 4 rings (SSSR count). The Kier molecular flexibility index (Phi) is 7.29. The maximum Gasteiger partial charge on any atom is 0.416 e. The van der Waals surface area contributed by atoms with Crippen LogP contribution in [0.2, 0.25) is 0 Å². The topological polar surface area (TPSA) is 75.7 Å². The highest BCUT2D eigenvalue weighted by Gasteiger charge is 2.35. The Hall–Kier alpha value is -2.73. The number of likely N-dealkylation sites (tertiary alicyclic amines) is 1. The number of carbonyl (C=O) groups excluding carboxylic acids is 1. The van der Waals surface area contributed by atoms with Crippen LogP contribution >= 0.6 is 0 Å². The second kappa shape index (κ2) is 9.97. The highest BCUT2D eigenvalue weighted by molar-refractivity contribution is 7.89. The molecule has 1 saturated heterocycles. The van der Waals surface area contributed by atoms with E-state index < -0.39 is 51.0 Å². The van der Waals surface area contributed by atoms with Crippen LogP contribution in [-0.2, 0) is 22.7 Å². The number of nitrogens with zero attached hydrogens (tertiary/aromatic N) is 1. The van der Waals surface area contributed by atoms with Crippen LogP contribution in [0.1, 0.15) is 58.6 Å². The molecule has 0 spiro atoms. The number of carbonyl (C=O) groups is 1. The minimum absolute atomic E-state index is 0.0340. The molecule has 2 aromatic rings. The molecule has 36 heavy (non-hydrogen) atoms. The summed E-state index contributed by atoms with van der Waals surface area (Å²) < 4.78 is 99.2. The van der Waals surface area contributed by atoms with Gasteiger partial charge in [0.2, 0.25) is 10.0 Å². The third-order valence-corrected chi connectivity index (χ3v) is 6.72. The van der Waals surface area contributed by atoms with Crippen LogP contribution in [0.5, 0.6) is 5.75 Å². The van der Waals surface area contributed by atoms with Crippen molar-refractivity contribution in [2.75, 3.05) is 19.3 Å². The fourth-order valence-electron chi connectivity index (χ4n) is 4.43. The Balaban J connectivity index is 1.52. The summed E-state index contributed by atoms with van der Waals surface area (Å²) in [6, 6.07) is 4.75. The molecule has 1 amide bonds. The number of sulfonamides is 1. The minimum atomic E-state index is -4.61. The van der Waals surface area contributed by atoms with Gasteiger partial charge in [-0.1, -0.05) is 0 Å². The lowest BCUT2D eigenvalue weighted by atomic mass is 10.0. The molecule has 0 aromatic heterocycles. The predicted molar refractivity (Wildman–Crippen MR) is 121 cm³/mol. The van der Waals surface area contributed by atoms with Crippen LogP contribution in [0.25, 0.3) is 0 Å². The first kappa shape index (κ1) is 26.3. The van der Waals surface area contributed by atoms with Crippen molar-refractivity contribution in [3.05, 3.63) is 64.2 Å². The zero-order valence-corrected chi connectivity index (χ0v) is 20.2. The molecule has 1 unspecified atom stereocenters. The number of hydrogen-bond acceptors (Lipinski definition) is 5. The van der Waals surface area contributed by atoms with Crippen molar-refractivity contribution in [1.82, 2.24) is 9.62 Å². The van der Waals surface area contributed by atoms with Crippen LogP contribution < -0.4 is 9.46 Å². The van der Waals surface area contributed by atoms with Gasteiger partial charge in [0.1, 0.15) is 23.5 Å². The highest BCUT2D eigenvalue weighted by atomic mass is 32.2. The molecular weight excluding hydrogens is 507 g/mol. The third kappa shape index (κ3) is 6.52. The van der Waals surface area contributed by atoms with Crippen LogP contribution in [0.4, 0.5) is 22.0 Å². The molecule has 1 saturated carbocycles. The number of halogens is 5. The van der Waals surface area contributed by atoms with Crippen LogP contribution in [-0.4, -0.2) is 44.7 Å². The summed E-state index contributed by atoms with van der Waals surface area (Å²) in [7, 11) is -3.88. The largest absolute Gasteiger partial charge is 0.489 e. The van der Waals surface area contributed by atoms with Gasteiger partial charge < -0.3 is 4.74 Å². The first-order valence-electron chi connectivity index (χ1n) is 11.4. The van der Waals surface area contributed by atoms with Crippen molar-refractivity contribution in [3.8, 4) is 5.75 Å². The molecule has 2 fully saturated rings. The fourth-order valence-corrected chi connectivity index (χ4v) is 4.87. The predicted octanol–water partition coefficient (Wildman–Crippen LogP) is 4.59. The van der Waals surface area contributed by atoms with Gasteiger partial charge in [-0.2, -0.15) is 13.2 Å². The van der Waals surface area contributed by atoms with Gasteiger partial charge in [0.15, 0.2) is 0 Å². The second-order valence-corrected chi connectivity index (χ2v) is 11.0. The average molecular weight is 533 g/mol. The maximum absolute atomic E-state index is 14.8. The van der Waals surface area contributed by atoms with E-state index in [4.69, 9.17) is 4.74 Å². The van der Waals surface area contributed by atoms with E-state index in [0.29, 0.717) is 24.9 Å². The van der Waals surface area contributed by atoms with Crippen LogP contribution in [0.3, 0.4) is 0 Å². The van der Waals surface area contributed by atoms with Gasteiger partial charge in [-0.25, -0.2) is 21.9 Å². The molecule has 1 aliphatic heterocycles. The van der Waals surface area contributed by atoms with E-state index in [1.54, 1.807) is 9.62 Å².